The third kappa shape index (κ3) is 2.74. The van der Waals surface area contributed by atoms with E-state index < -0.39 is 4.92 Å². The summed E-state index contributed by atoms with van der Waals surface area (Å²) in [6.45, 7) is 0. The van der Waals surface area contributed by atoms with E-state index in [4.69, 9.17) is 34.8 Å². The second kappa shape index (κ2) is 5.46. The molecule has 1 heterocycles. The Morgan fingerprint density at radius 3 is 2.11 bits per heavy atom. The Bertz CT molecular complexity index is 667. The van der Waals surface area contributed by atoms with E-state index in [9.17, 15) is 14.9 Å². The van der Waals surface area contributed by atoms with Gasteiger partial charge in [-0.1, -0.05) is 34.8 Å². The number of carbonyl (C=O) groups excluding carboxylic acids is 1. The molecule has 1 aromatic heterocycles. The second-order valence-electron chi connectivity index (χ2n) is 3.47. The first kappa shape index (κ1) is 14.3. The normalized spacial score (nSPS) is 10.5. The van der Waals surface area contributed by atoms with Crippen molar-refractivity contribution in [3.63, 3.8) is 0 Å². The summed E-state index contributed by atoms with van der Waals surface area (Å²) < 4.78 is 0.233. The van der Waals surface area contributed by atoms with Crippen molar-refractivity contribution < 1.29 is 9.72 Å². The molecular weight excluding hydrogens is 333 g/mol. The molecule has 0 bridgehead atoms. The van der Waals surface area contributed by atoms with Gasteiger partial charge in [-0.2, -0.15) is 0 Å². The predicted molar refractivity (Wildman–Crippen MR) is 75.9 cm³/mol. The molecule has 0 amide bonds. The standard InChI is InChI=1S/C11H4Cl3NO3S/c12-7-8(13)11(14)19-10(7)9(16)5-1-3-6(4-2-5)15(17)18/h1-4H. The zero-order valence-electron chi connectivity index (χ0n) is 9.02. The fourth-order valence-electron chi connectivity index (χ4n) is 1.38. The molecule has 0 saturated carbocycles. The average Bonchev–Trinajstić information content (AvgIpc) is 2.66. The molecule has 98 valence electrons. The number of benzene rings is 1. The number of hydrogen-bond donors (Lipinski definition) is 0. The summed E-state index contributed by atoms with van der Waals surface area (Å²) in [6, 6.07) is 5.21. The highest BCUT2D eigenvalue weighted by Gasteiger charge is 2.21. The van der Waals surface area contributed by atoms with Gasteiger partial charge in [0, 0.05) is 17.7 Å². The monoisotopic (exact) mass is 335 g/mol. The van der Waals surface area contributed by atoms with Crippen molar-refractivity contribution in [1.82, 2.24) is 0 Å². The van der Waals surface area contributed by atoms with Crippen molar-refractivity contribution in [1.29, 1.82) is 0 Å². The molecule has 0 saturated heterocycles. The second-order valence-corrected chi connectivity index (χ2v) is 5.84. The molecular formula is C11H4Cl3NO3S. The fraction of sp³-hybridized carbons (Fsp3) is 0. The number of rotatable bonds is 3. The van der Waals surface area contributed by atoms with E-state index in [1.165, 1.54) is 24.3 Å². The highest BCUT2D eigenvalue weighted by molar-refractivity contribution is 7.19. The molecule has 0 fully saturated rings. The van der Waals surface area contributed by atoms with Crippen LogP contribution in [-0.2, 0) is 0 Å². The van der Waals surface area contributed by atoms with Crippen LogP contribution in [0, 0.1) is 10.1 Å². The summed E-state index contributed by atoms with van der Waals surface area (Å²) in [7, 11) is 0. The summed E-state index contributed by atoms with van der Waals surface area (Å²) in [5.74, 6) is -0.376. The number of nitrogens with zero attached hydrogens (tertiary/aromatic N) is 1. The number of ketones is 1. The van der Waals surface area contributed by atoms with E-state index in [1.54, 1.807) is 0 Å². The molecule has 0 spiro atoms. The highest BCUT2D eigenvalue weighted by Crippen LogP contribution is 2.41. The Kier molecular flexibility index (Phi) is 4.10. The highest BCUT2D eigenvalue weighted by atomic mass is 35.5. The van der Waals surface area contributed by atoms with Crippen LogP contribution in [0.25, 0.3) is 0 Å². The maximum atomic E-state index is 12.2. The molecule has 4 nitrogen and oxygen atoms in total. The summed E-state index contributed by atoms with van der Waals surface area (Å²) >= 11 is 18.5. The molecule has 0 aliphatic rings. The Hall–Kier alpha value is -1.14. The number of nitro groups is 1. The van der Waals surface area contributed by atoms with Crippen LogP contribution in [0.1, 0.15) is 15.2 Å². The van der Waals surface area contributed by atoms with Crippen LogP contribution >= 0.6 is 46.1 Å². The molecule has 1 aromatic carbocycles. The van der Waals surface area contributed by atoms with Crippen LogP contribution in [0.2, 0.25) is 14.4 Å². The summed E-state index contributed by atoms with van der Waals surface area (Å²) in [6.07, 6.45) is 0. The largest absolute Gasteiger partial charge is 0.288 e. The van der Waals surface area contributed by atoms with Crippen LogP contribution < -0.4 is 0 Å². The van der Waals surface area contributed by atoms with Gasteiger partial charge in [0.2, 0.25) is 5.78 Å². The quantitative estimate of drug-likeness (QED) is 0.457. The topological polar surface area (TPSA) is 60.2 Å². The minimum atomic E-state index is -0.542. The minimum Gasteiger partial charge on any atom is -0.288 e. The van der Waals surface area contributed by atoms with Gasteiger partial charge in [0.1, 0.15) is 4.34 Å². The molecule has 0 aliphatic heterocycles. The number of hydrogen-bond acceptors (Lipinski definition) is 4. The Balaban J connectivity index is 2.38. The number of nitro benzene ring substituents is 1. The van der Waals surface area contributed by atoms with Crippen molar-refractivity contribution in [2.24, 2.45) is 0 Å². The van der Waals surface area contributed by atoms with Crippen LogP contribution in [0.15, 0.2) is 24.3 Å². The molecule has 2 rings (SSSR count). The molecule has 0 aliphatic carbocycles. The van der Waals surface area contributed by atoms with Gasteiger partial charge >= 0.3 is 0 Å². The molecule has 8 heteroatoms. The zero-order chi connectivity index (χ0) is 14.2. The van der Waals surface area contributed by atoms with Crippen LogP contribution in [0.3, 0.4) is 0 Å². The van der Waals surface area contributed by atoms with Crippen molar-refractivity contribution in [3.05, 3.63) is 59.2 Å². The first-order valence-electron chi connectivity index (χ1n) is 4.84. The third-order valence-corrected chi connectivity index (χ3v) is 4.87. The molecule has 19 heavy (non-hydrogen) atoms. The van der Waals surface area contributed by atoms with Crippen LogP contribution in [0.5, 0.6) is 0 Å². The van der Waals surface area contributed by atoms with Gasteiger partial charge < -0.3 is 0 Å². The van der Waals surface area contributed by atoms with Crippen molar-refractivity contribution in [3.8, 4) is 0 Å². The van der Waals surface area contributed by atoms with Crippen molar-refractivity contribution >= 4 is 57.6 Å². The Morgan fingerprint density at radius 1 is 1.11 bits per heavy atom. The van der Waals surface area contributed by atoms with Gasteiger partial charge in [0.25, 0.3) is 5.69 Å². The Morgan fingerprint density at radius 2 is 1.68 bits per heavy atom. The SMILES string of the molecule is O=C(c1ccc([N+](=O)[O-])cc1)c1sc(Cl)c(Cl)c1Cl. The third-order valence-electron chi connectivity index (χ3n) is 2.30. The lowest BCUT2D eigenvalue weighted by Crippen LogP contribution is -1.99. The maximum absolute atomic E-state index is 12.2. The first-order valence-corrected chi connectivity index (χ1v) is 6.79. The molecule has 0 N–H and O–H groups in total. The minimum absolute atomic E-state index is 0.0927. The van der Waals surface area contributed by atoms with Gasteiger partial charge in [-0.05, 0) is 12.1 Å². The van der Waals surface area contributed by atoms with Crippen LogP contribution in [-0.4, -0.2) is 10.7 Å². The summed E-state index contributed by atoms with van der Waals surface area (Å²) in [4.78, 5) is 22.3. The zero-order valence-corrected chi connectivity index (χ0v) is 12.1. The summed E-state index contributed by atoms with van der Waals surface area (Å²) in [5.41, 5.74) is 0.187. The average molecular weight is 337 g/mol. The van der Waals surface area contributed by atoms with Gasteiger partial charge in [-0.15, -0.1) is 11.3 Å². The van der Waals surface area contributed by atoms with Crippen molar-refractivity contribution in [2.45, 2.75) is 0 Å². The fourth-order valence-corrected chi connectivity index (χ4v) is 3.14. The van der Waals surface area contributed by atoms with E-state index in [-0.39, 0.29) is 36.3 Å². The van der Waals surface area contributed by atoms with Crippen molar-refractivity contribution in [2.75, 3.05) is 0 Å². The summed E-state index contributed by atoms with van der Waals surface area (Å²) in [5, 5.41) is 10.8. The molecule has 0 radical (unpaired) electrons. The number of carbonyl (C=O) groups is 1. The predicted octanol–water partition coefficient (Wildman–Crippen LogP) is 4.85. The smallest absolute Gasteiger partial charge is 0.269 e. The lowest BCUT2D eigenvalue weighted by Gasteiger charge is -1.98. The van der Waals surface area contributed by atoms with E-state index in [1.807, 2.05) is 0 Å². The number of halogens is 3. The molecule has 0 atom stereocenters. The van der Waals surface area contributed by atoms with Gasteiger partial charge in [-0.25, -0.2) is 0 Å². The molecule has 0 unspecified atom stereocenters. The number of non-ortho nitro benzene ring substituents is 1. The van der Waals surface area contributed by atoms with Crippen LogP contribution in [0.4, 0.5) is 5.69 Å². The maximum Gasteiger partial charge on any atom is 0.269 e. The van der Waals surface area contributed by atoms with Gasteiger partial charge in [-0.3, -0.25) is 14.9 Å². The molecule has 2 aromatic rings. The van der Waals surface area contributed by atoms with E-state index in [0.717, 1.165) is 11.3 Å². The lowest BCUT2D eigenvalue weighted by molar-refractivity contribution is -0.384. The Labute approximate surface area is 126 Å². The lowest BCUT2D eigenvalue weighted by atomic mass is 10.1. The van der Waals surface area contributed by atoms with E-state index in [0.29, 0.717) is 0 Å². The first-order chi connectivity index (χ1) is 8.91. The van der Waals surface area contributed by atoms with E-state index in [2.05, 4.69) is 0 Å². The number of thiophene rings is 1. The van der Waals surface area contributed by atoms with E-state index >= 15 is 0 Å². The van der Waals surface area contributed by atoms with Gasteiger partial charge in [0.05, 0.1) is 19.8 Å². The van der Waals surface area contributed by atoms with Gasteiger partial charge in [0.15, 0.2) is 0 Å².